The first-order valence-electron chi connectivity index (χ1n) is 9.72. The highest BCUT2D eigenvalue weighted by molar-refractivity contribution is 6.90. The van der Waals surface area contributed by atoms with Crippen LogP contribution in [0, 0.1) is 41.5 Å². The molecular formula is C24H31B. The van der Waals surface area contributed by atoms with Crippen molar-refractivity contribution in [2.75, 3.05) is 0 Å². The average molecular weight is 330 g/mol. The van der Waals surface area contributed by atoms with Crippen molar-refractivity contribution in [3.8, 4) is 0 Å². The minimum atomic E-state index is 0.384. The number of hydrogen-bond acceptors (Lipinski definition) is 0. The Bertz CT molecular complexity index is 714. The Hall–Kier alpha value is -1.76. The fourth-order valence-corrected chi connectivity index (χ4v) is 4.91. The van der Waals surface area contributed by atoms with Crippen LogP contribution < -0.4 is 10.9 Å². The predicted octanol–water partition coefficient (Wildman–Crippen LogP) is 5.19. The molecule has 0 amide bonds. The topological polar surface area (TPSA) is 0 Å². The van der Waals surface area contributed by atoms with Gasteiger partial charge in [0.25, 0.3) is 0 Å². The van der Waals surface area contributed by atoms with E-state index in [9.17, 15) is 0 Å². The number of aryl methyl sites for hydroxylation is 6. The van der Waals surface area contributed by atoms with Gasteiger partial charge in [0.1, 0.15) is 0 Å². The molecule has 0 atom stereocenters. The van der Waals surface area contributed by atoms with Crippen LogP contribution in [0.5, 0.6) is 0 Å². The van der Waals surface area contributed by atoms with Crippen LogP contribution in [0.15, 0.2) is 35.8 Å². The molecule has 0 aliphatic heterocycles. The van der Waals surface area contributed by atoms with Crippen LogP contribution >= 0.6 is 0 Å². The van der Waals surface area contributed by atoms with Crippen LogP contribution in [-0.2, 0) is 0 Å². The van der Waals surface area contributed by atoms with E-state index < -0.39 is 0 Å². The first-order chi connectivity index (χ1) is 11.9. The second-order valence-electron chi connectivity index (χ2n) is 8.13. The van der Waals surface area contributed by atoms with E-state index in [0.717, 1.165) is 0 Å². The Labute approximate surface area is 154 Å². The summed E-state index contributed by atoms with van der Waals surface area (Å²) in [5, 5.41) is 0. The van der Waals surface area contributed by atoms with E-state index in [1.807, 2.05) is 0 Å². The van der Waals surface area contributed by atoms with E-state index in [1.54, 1.807) is 5.57 Å². The molecule has 0 heterocycles. The molecule has 1 heteroatoms. The molecule has 25 heavy (non-hydrogen) atoms. The number of allylic oxidation sites excluding steroid dienone is 1. The lowest BCUT2D eigenvalue weighted by Gasteiger charge is -2.22. The fourth-order valence-electron chi connectivity index (χ4n) is 4.91. The second kappa shape index (κ2) is 7.24. The molecular weight excluding hydrogens is 299 g/mol. The van der Waals surface area contributed by atoms with Crippen LogP contribution in [0.4, 0.5) is 0 Å². The van der Waals surface area contributed by atoms with Gasteiger partial charge in [-0.1, -0.05) is 74.1 Å². The standard InChI is InChI=1S/C24H31B/c1-16-11-18(3)23(19(4)12-16)25(15-22-9-7-8-10-22)24-20(5)13-17(2)14-21(24)6/h11-15H,7-10H2,1-6H3. The molecule has 3 rings (SSSR count). The smallest absolute Gasteiger partial charge is 0.106 e. The largest absolute Gasteiger partial charge is 0.235 e. The molecule has 0 nitrogen and oxygen atoms in total. The summed E-state index contributed by atoms with van der Waals surface area (Å²) in [6, 6.07) is 9.39. The summed E-state index contributed by atoms with van der Waals surface area (Å²) in [6.45, 7) is 13.9. The minimum Gasteiger partial charge on any atom is -0.106 e. The molecule has 0 aromatic heterocycles. The van der Waals surface area contributed by atoms with Gasteiger partial charge in [-0.2, -0.15) is 0 Å². The highest BCUT2D eigenvalue weighted by Crippen LogP contribution is 2.24. The summed E-state index contributed by atoms with van der Waals surface area (Å²) in [4.78, 5) is 0. The second-order valence-corrected chi connectivity index (χ2v) is 8.13. The maximum Gasteiger partial charge on any atom is 0.235 e. The first-order valence-corrected chi connectivity index (χ1v) is 9.72. The minimum absolute atomic E-state index is 0.384. The van der Waals surface area contributed by atoms with Gasteiger partial charge in [0.05, 0.1) is 0 Å². The van der Waals surface area contributed by atoms with E-state index in [4.69, 9.17) is 0 Å². The van der Waals surface area contributed by atoms with Gasteiger partial charge in [0.15, 0.2) is 0 Å². The monoisotopic (exact) mass is 330 g/mol. The molecule has 0 unspecified atom stereocenters. The molecule has 0 spiro atoms. The highest BCUT2D eigenvalue weighted by Gasteiger charge is 2.25. The lowest BCUT2D eigenvalue weighted by molar-refractivity contribution is 0.886. The summed E-state index contributed by atoms with van der Waals surface area (Å²) in [5.41, 5.74) is 13.1. The Morgan fingerprint density at radius 3 is 1.36 bits per heavy atom. The number of benzene rings is 2. The molecule has 1 aliphatic rings. The molecule has 1 aliphatic carbocycles. The van der Waals surface area contributed by atoms with Gasteiger partial charge in [-0.15, -0.1) is 5.98 Å². The fraction of sp³-hybridized carbons (Fsp3) is 0.417. The maximum atomic E-state index is 2.60. The SMILES string of the molecule is Cc1cc(C)c(B(C=C2CCCC2)c2c(C)cc(C)cc2C)c(C)c1. The van der Waals surface area contributed by atoms with Crippen LogP contribution in [0.1, 0.15) is 59.1 Å². The van der Waals surface area contributed by atoms with Crippen LogP contribution in [0.25, 0.3) is 0 Å². The predicted molar refractivity (Wildman–Crippen MR) is 113 cm³/mol. The first kappa shape index (κ1) is 18.0. The molecule has 0 bridgehead atoms. The van der Waals surface area contributed by atoms with E-state index in [-0.39, 0.29) is 0 Å². The van der Waals surface area contributed by atoms with Crippen molar-refractivity contribution in [2.45, 2.75) is 67.2 Å². The van der Waals surface area contributed by atoms with Crippen molar-refractivity contribution in [1.29, 1.82) is 0 Å². The lowest BCUT2D eigenvalue weighted by atomic mass is 9.37. The van der Waals surface area contributed by atoms with Crippen molar-refractivity contribution in [2.24, 2.45) is 0 Å². The van der Waals surface area contributed by atoms with Gasteiger partial charge in [0, 0.05) is 0 Å². The van der Waals surface area contributed by atoms with Gasteiger partial charge in [-0.3, -0.25) is 0 Å². The van der Waals surface area contributed by atoms with Gasteiger partial charge in [-0.25, -0.2) is 0 Å². The molecule has 1 fully saturated rings. The number of hydrogen-bond donors (Lipinski definition) is 0. The van der Waals surface area contributed by atoms with Crippen LogP contribution in [0.2, 0.25) is 0 Å². The molecule has 0 saturated heterocycles. The van der Waals surface area contributed by atoms with E-state index in [1.165, 1.54) is 70.0 Å². The summed E-state index contributed by atoms with van der Waals surface area (Å²) < 4.78 is 0. The molecule has 130 valence electrons. The van der Waals surface area contributed by atoms with Gasteiger partial charge < -0.3 is 0 Å². The van der Waals surface area contributed by atoms with Crippen LogP contribution in [0.3, 0.4) is 0 Å². The van der Waals surface area contributed by atoms with Gasteiger partial charge in [-0.05, 0) is 67.2 Å². The maximum absolute atomic E-state index is 2.60. The molecule has 2 aromatic rings. The van der Waals surface area contributed by atoms with Crippen molar-refractivity contribution in [3.05, 3.63) is 69.2 Å². The van der Waals surface area contributed by atoms with E-state index in [2.05, 4.69) is 71.8 Å². The van der Waals surface area contributed by atoms with Crippen molar-refractivity contribution in [3.63, 3.8) is 0 Å². The third kappa shape index (κ3) is 3.76. The van der Waals surface area contributed by atoms with Crippen molar-refractivity contribution >= 4 is 17.6 Å². The quantitative estimate of drug-likeness (QED) is 0.680. The third-order valence-electron chi connectivity index (χ3n) is 5.75. The Morgan fingerprint density at radius 1 is 0.640 bits per heavy atom. The summed E-state index contributed by atoms with van der Waals surface area (Å²) in [5.74, 6) is 2.60. The van der Waals surface area contributed by atoms with Crippen molar-refractivity contribution in [1.82, 2.24) is 0 Å². The van der Waals surface area contributed by atoms with Gasteiger partial charge >= 0.3 is 0 Å². The average Bonchev–Trinajstić information content (AvgIpc) is 2.97. The zero-order valence-electron chi connectivity index (χ0n) is 16.8. The van der Waals surface area contributed by atoms with Gasteiger partial charge in [0.2, 0.25) is 6.71 Å². The Balaban J connectivity index is 2.23. The zero-order chi connectivity index (χ0) is 18.1. The molecule has 1 saturated carbocycles. The summed E-state index contributed by atoms with van der Waals surface area (Å²) in [7, 11) is 0. The summed E-state index contributed by atoms with van der Waals surface area (Å²) in [6.07, 6.45) is 5.28. The normalized spacial score (nSPS) is 14.1. The van der Waals surface area contributed by atoms with E-state index >= 15 is 0 Å². The molecule has 0 radical (unpaired) electrons. The highest BCUT2D eigenvalue weighted by atomic mass is 14.1. The molecule has 0 N–H and O–H groups in total. The number of rotatable bonds is 3. The lowest BCUT2D eigenvalue weighted by Crippen LogP contribution is -2.46. The zero-order valence-corrected chi connectivity index (χ0v) is 16.8. The Kier molecular flexibility index (Phi) is 5.23. The van der Waals surface area contributed by atoms with Crippen molar-refractivity contribution < 1.29 is 0 Å². The van der Waals surface area contributed by atoms with E-state index in [0.29, 0.717) is 6.71 Å². The Morgan fingerprint density at radius 2 is 1.00 bits per heavy atom. The third-order valence-corrected chi connectivity index (χ3v) is 5.75. The van der Waals surface area contributed by atoms with Crippen LogP contribution in [-0.4, -0.2) is 6.71 Å². The molecule has 2 aromatic carbocycles. The summed E-state index contributed by atoms with van der Waals surface area (Å²) >= 11 is 0.